The van der Waals surface area contributed by atoms with Crippen molar-refractivity contribution in [3.05, 3.63) is 151 Å². The van der Waals surface area contributed by atoms with Gasteiger partial charge in [0.05, 0.1) is 28.1 Å². The van der Waals surface area contributed by atoms with Gasteiger partial charge in [0, 0.05) is 58.6 Å². The highest BCUT2D eigenvalue weighted by molar-refractivity contribution is 7.25. The van der Waals surface area contributed by atoms with Crippen molar-refractivity contribution in [1.29, 1.82) is 0 Å². The van der Waals surface area contributed by atoms with Gasteiger partial charge in [0.15, 0.2) is 5.82 Å². The van der Waals surface area contributed by atoms with E-state index >= 15 is 0 Å². The normalized spacial score (nSPS) is 13.5. The van der Waals surface area contributed by atoms with Gasteiger partial charge in [0.1, 0.15) is 0 Å². The smallest absolute Gasteiger partial charge is 0.160 e. The fourth-order valence-electron chi connectivity index (χ4n) is 7.84. The van der Waals surface area contributed by atoms with E-state index in [1.54, 1.807) is 0 Å². The zero-order valence-corrected chi connectivity index (χ0v) is 26.8. The molecule has 3 heterocycles. The van der Waals surface area contributed by atoms with E-state index in [-0.39, 0.29) is 5.41 Å². The molecule has 0 saturated heterocycles. The van der Waals surface area contributed by atoms with Crippen LogP contribution < -0.4 is 0 Å². The first-order valence-corrected chi connectivity index (χ1v) is 16.9. The highest BCUT2D eigenvalue weighted by atomic mass is 32.1. The lowest BCUT2D eigenvalue weighted by atomic mass is 9.80. The van der Waals surface area contributed by atoms with E-state index in [1.165, 1.54) is 58.7 Å². The van der Waals surface area contributed by atoms with Crippen LogP contribution in [-0.4, -0.2) is 14.5 Å². The number of aromatic nitrogens is 3. The number of benzene rings is 6. The highest BCUT2D eigenvalue weighted by Gasteiger charge is 2.40. The molecule has 0 bridgehead atoms. The Morgan fingerprint density at radius 1 is 0.532 bits per heavy atom. The highest BCUT2D eigenvalue weighted by Crippen LogP contribution is 2.52. The second kappa shape index (κ2) is 9.71. The van der Waals surface area contributed by atoms with Crippen molar-refractivity contribution in [2.24, 2.45) is 0 Å². The molecule has 1 aliphatic carbocycles. The van der Waals surface area contributed by atoms with Crippen molar-refractivity contribution < 1.29 is 0 Å². The van der Waals surface area contributed by atoms with E-state index in [0.29, 0.717) is 0 Å². The molecule has 1 aliphatic rings. The molecule has 0 atom stereocenters. The summed E-state index contributed by atoms with van der Waals surface area (Å²) in [6.45, 7) is 4.63. The lowest BCUT2D eigenvalue weighted by Crippen LogP contribution is -2.18. The first kappa shape index (κ1) is 26.6. The fourth-order valence-corrected chi connectivity index (χ4v) is 8.97. The van der Waals surface area contributed by atoms with Gasteiger partial charge in [-0.2, -0.15) is 0 Å². The third kappa shape index (κ3) is 3.73. The summed E-state index contributed by atoms with van der Waals surface area (Å²) >= 11 is 1.87. The Morgan fingerprint density at radius 3 is 2.04 bits per heavy atom. The van der Waals surface area contributed by atoms with Crippen molar-refractivity contribution >= 4 is 53.3 Å². The minimum absolute atomic E-state index is 0.272. The van der Waals surface area contributed by atoms with E-state index < -0.39 is 0 Å². The van der Waals surface area contributed by atoms with Crippen LogP contribution in [0, 0.1) is 0 Å². The molecule has 10 rings (SSSR count). The number of para-hydroxylation sites is 2. The standard InChI is InChI=1S/C43H29N3S/c1-43(2)33-20-10-6-18-29(33)40-39(43)41(45-42(44-40)26-14-4-3-5-15-26)30-19-8-12-22-35(30)46-34-21-11-7-16-27(34)31-25-38-32(24-36(31)46)28-17-9-13-23-37(28)47-38/h3-25H,1-2H3. The van der Waals surface area contributed by atoms with Crippen LogP contribution in [0.25, 0.3) is 81.6 Å². The minimum atomic E-state index is -0.272. The van der Waals surface area contributed by atoms with E-state index in [2.05, 4.69) is 152 Å². The third-order valence-electron chi connectivity index (χ3n) is 9.99. The molecule has 47 heavy (non-hydrogen) atoms. The lowest BCUT2D eigenvalue weighted by molar-refractivity contribution is 0.658. The minimum Gasteiger partial charge on any atom is -0.309 e. The average Bonchev–Trinajstić information content (AvgIpc) is 3.72. The quantitative estimate of drug-likeness (QED) is 0.197. The van der Waals surface area contributed by atoms with E-state index in [4.69, 9.17) is 9.97 Å². The second-order valence-electron chi connectivity index (χ2n) is 13.0. The van der Waals surface area contributed by atoms with Gasteiger partial charge in [-0.05, 0) is 35.9 Å². The summed E-state index contributed by atoms with van der Waals surface area (Å²) in [5.41, 5.74) is 11.0. The summed E-state index contributed by atoms with van der Waals surface area (Å²) in [5, 5.41) is 5.12. The molecule has 0 spiro atoms. The maximum atomic E-state index is 5.45. The molecule has 0 N–H and O–H groups in total. The second-order valence-corrected chi connectivity index (χ2v) is 14.1. The van der Waals surface area contributed by atoms with Crippen molar-refractivity contribution in [2.75, 3.05) is 0 Å². The molecule has 6 aromatic carbocycles. The monoisotopic (exact) mass is 619 g/mol. The Kier molecular flexibility index (Phi) is 5.50. The molecule has 0 radical (unpaired) electrons. The Bertz CT molecular complexity index is 2710. The molecule has 222 valence electrons. The number of fused-ring (bicyclic) bond motifs is 9. The van der Waals surface area contributed by atoms with E-state index in [0.717, 1.165) is 34.0 Å². The molecule has 3 nitrogen and oxygen atoms in total. The maximum Gasteiger partial charge on any atom is 0.160 e. The number of rotatable bonds is 3. The van der Waals surface area contributed by atoms with E-state index in [1.807, 2.05) is 17.4 Å². The van der Waals surface area contributed by atoms with Gasteiger partial charge < -0.3 is 4.57 Å². The number of nitrogens with zero attached hydrogens (tertiary/aromatic N) is 3. The molecular formula is C43H29N3S. The topological polar surface area (TPSA) is 30.7 Å². The Hall–Kier alpha value is -5.58. The molecule has 0 amide bonds. The number of hydrogen-bond donors (Lipinski definition) is 0. The summed E-state index contributed by atoms with van der Waals surface area (Å²) in [5.74, 6) is 0.746. The van der Waals surface area contributed by atoms with E-state index in [9.17, 15) is 0 Å². The van der Waals surface area contributed by atoms with Crippen LogP contribution in [0.15, 0.2) is 140 Å². The predicted octanol–water partition coefficient (Wildman–Crippen LogP) is 11.6. The molecule has 3 aromatic heterocycles. The molecule has 0 unspecified atom stereocenters. The van der Waals surface area contributed by atoms with Crippen molar-refractivity contribution in [3.8, 4) is 39.6 Å². The van der Waals surface area contributed by atoms with Crippen LogP contribution in [0.2, 0.25) is 0 Å². The van der Waals surface area contributed by atoms with Crippen LogP contribution in [0.3, 0.4) is 0 Å². The van der Waals surface area contributed by atoms with Gasteiger partial charge in [-0.25, -0.2) is 9.97 Å². The molecule has 4 heteroatoms. The molecular weight excluding hydrogens is 591 g/mol. The maximum absolute atomic E-state index is 5.45. The molecule has 9 aromatic rings. The summed E-state index contributed by atoms with van der Waals surface area (Å²) in [4.78, 5) is 10.7. The van der Waals surface area contributed by atoms with Crippen molar-refractivity contribution in [1.82, 2.24) is 14.5 Å². The van der Waals surface area contributed by atoms with Crippen molar-refractivity contribution in [2.45, 2.75) is 19.3 Å². The van der Waals surface area contributed by atoms with Crippen LogP contribution in [0.4, 0.5) is 0 Å². The van der Waals surface area contributed by atoms with Gasteiger partial charge in [0.25, 0.3) is 0 Å². The zero-order chi connectivity index (χ0) is 31.3. The molecule has 0 aliphatic heterocycles. The first-order chi connectivity index (χ1) is 23.1. The van der Waals surface area contributed by atoms with Crippen LogP contribution in [0.1, 0.15) is 25.0 Å². The summed E-state index contributed by atoms with van der Waals surface area (Å²) in [6, 6.07) is 50.2. The largest absolute Gasteiger partial charge is 0.309 e. The van der Waals surface area contributed by atoms with Gasteiger partial charge in [-0.3, -0.25) is 0 Å². The lowest BCUT2D eigenvalue weighted by Gasteiger charge is -2.25. The van der Waals surface area contributed by atoms with Crippen molar-refractivity contribution in [3.63, 3.8) is 0 Å². The number of hydrogen-bond acceptors (Lipinski definition) is 3. The van der Waals surface area contributed by atoms with Crippen LogP contribution >= 0.6 is 11.3 Å². The number of thiophene rings is 1. The Morgan fingerprint density at radius 2 is 1.19 bits per heavy atom. The third-order valence-corrected chi connectivity index (χ3v) is 11.1. The zero-order valence-electron chi connectivity index (χ0n) is 26.0. The Balaban J connectivity index is 1.32. The SMILES string of the molecule is CC1(C)c2ccccc2-c2nc(-c3ccccc3)nc(-c3ccccc3-n3c4ccccc4c4cc5sc6ccccc6c5cc43)c21. The van der Waals surface area contributed by atoms with Gasteiger partial charge >= 0.3 is 0 Å². The summed E-state index contributed by atoms with van der Waals surface area (Å²) < 4.78 is 5.09. The fraction of sp³-hybridized carbons (Fsp3) is 0.0698. The Labute approximate surface area is 276 Å². The predicted molar refractivity (Wildman–Crippen MR) is 198 cm³/mol. The first-order valence-electron chi connectivity index (χ1n) is 16.1. The molecule has 0 fully saturated rings. The van der Waals surface area contributed by atoms with Gasteiger partial charge in [-0.15, -0.1) is 11.3 Å². The summed E-state index contributed by atoms with van der Waals surface area (Å²) in [7, 11) is 0. The van der Waals surface area contributed by atoms with Gasteiger partial charge in [-0.1, -0.05) is 123 Å². The average molecular weight is 620 g/mol. The van der Waals surface area contributed by atoms with Crippen LogP contribution in [-0.2, 0) is 5.41 Å². The summed E-state index contributed by atoms with van der Waals surface area (Å²) in [6.07, 6.45) is 0. The molecule has 0 saturated carbocycles. The van der Waals surface area contributed by atoms with Gasteiger partial charge in [0.2, 0.25) is 0 Å². The van der Waals surface area contributed by atoms with Crippen LogP contribution in [0.5, 0.6) is 0 Å².